The number of benzene rings is 1. The molecule has 2 heterocycles. The number of ether oxygens (including phenoxy) is 1. The van der Waals surface area contributed by atoms with E-state index in [2.05, 4.69) is 0 Å². The molecule has 19 heavy (non-hydrogen) atoms. The second-order valence-corrected chi connectivity index (χ2v) is 6.08. The average molecular weight is 297 g/mol. The van der Waals surface area contributed by atoms with Crippen molar-refractivity contribution in [3.05, 3.63) is 34.9 Å². The Morgan fingerprint density at radius 1 is 1.47 bits per heavy atom. The van der Waals surface area contributed by atoms with Gasteiger partial charge in [-0.2, -0.15) is 11.8 Å². The topological polar surface area (TPSA) is 53.4 Å². The van der Waals surface area contributed by atoms with E-state index in [0.29, 0.717) is 5.02 Å². The molecule has 1 N–H and O–H groups in total. The van der Waals surface area contributed by atoms with Gasteiger partial charge in [-0.15, -0.1) is 0 Å². The maximum absolute atomic E-state index is 12.4. The van der Waals surface area contributed by atoms with Gasteiger partial charge in [-0.05, 0) is 11.6 Å². The van der Waals surface area contributed by atoms with Crippen LogP contribution in [0.5, 0.6) is 0 Å². The maximum Gasteiger partial charge on any atom is 0.292 e. The van der Waals surface area contributed by atoms with Crippen LogP contribution in [-0.4, -0.2) is 40.5 Å². The Labute approximate surface area is 120 Å². The third-order valence-electron chi connectivity index (χ3n) is 3.38. The van der Waals surface area contributed by atoms with Crippen molar-refractivity contribution in [2.75, 3.05) is 11.5 Å². The van der Waals surface area contributed by atoms with Crippen LogP contribution in [0.3, 0.4) is 0 Å². The van der Waals surface area contributed by atoms with Crippen molar-refractivity contribution in [2.45, 2.75) is 18.6 Å². The third-order valence-corrected chi connectivity index (χ3v) is 4.89. The Morgan fingerprint density at radius 2 is 2.26 bits per heavy atom. The van der Waals surface area contributed by atoms with Crippen molar-refractivity contribution in [2.24, 2.45) is 0 Å². The van der Waals surface area contributed by atoms with Crippen molar-refractivity contribution < 1.29 is 9.53 Å². The zero-order valence-electron chi connectivity index (χ0n) is 10.1. The van der Waals surface area contributed by atoms with E-state index in [9.17, 15) is 4.79 Å². The highest BCUT2D eigenvalue weighted by Gasteiger charge is 2.45. The fraction of sp³-hybridized carbons (Fsp3) is 0.385. The number of amides is 1. The number of hydrogen-bond donors (Lipinski definition) is 1. The minimum absolute atomic E-state index is 0.00693. The Bertz CT molecular complexity index is 537. The Balaban J connectivity index is 1.77. The van der Waals surface area contributed by atoms with Gasteiger partial charge in [0.25, 0.3) is 6.02 Å². The van der Waals surface area contributed by atoms with E-state index in [-0.39, 0.29) is 30.5 Å². The van der Waals surface area contributed by atoms with E-state index >= 15 is 0 Å². The molecule has 0 spiro atoms. The van der Waals surface area contributed by atoms with Gasteiger partial charge >= 0.3 is 0 Å². The zero-order chi connectivity index (χ0) is 13.4. The summed E-state index contributed by atoms with van der Waals surface area (Å²) in [4.78, 5) is 13.8. The van der Waals surface area contributed by atoms with Gasteiger partial charge in [0.2, 0.25) is 5.91 Å². The van der Waals surface area contributed by atoms with Gasteiger partial charge in [-0.25, -0.2) is 0 Å². The van der Waals surface area contributed by atoms with Gasteiger partial charge in [-0.3, -0.25) is 15.1 Å². The molecule has 2 fully saturated rings. The quantitative estimate of drug-likeness (QED) is 0.910. The largest absolute Gasteiger partial charge is 0.459 e. The second kappa shape index (κ2) is 5.06. The second-order valence-electron chi connectivity index (χ2n) is 4.60. The van der Waals surface area contributed by atoms with Crippen LogP contribution in [0.25, 0.3) is 0 Å². The van der Waals surface area contributed by atoms with E-state index in [0.717, 1.165) is 17.1 Å². The Hall–Kier alpha value is -1.20. The molecule has 0 aliphatic carbocycles. The van der Waals surface area contributed by atoms with Crippen LogP contribution in [0.15, 0.2) is 24.3 Å². The molecule has 2 saturated heterocycles. The Morgan fingerprint density at radius 3 is 3.05 bits per heavy atom. The van der Waals surface area contributed by atoms with Crippen LogP contribution in [0, 0.1) is 5.41 Å². The average Bonchev–Trinajstić information content (AvgIpc) is 2.91. The number of nitrogens with one attached hydrogen (secondary N) is 1. The minimum Gasteiger partial charge on any atom is -0.459 e. The molecule has 2 aliphatic rings. The summed E-state index contributed by atoms with van der Waals surface area (Å²) in [6, 6.07) is 7.28. The molecule has 1 amide bonds. The van der Waals surface area contributed by atoms with Gasteiger partial charge in [-0.1, -0.05) is 29.8 Å². The van der Waals surface area contributed by atoms with E-state index in [1.807, 2.05) is 18.2 Å². The highest BCUT2D eigenvalue weighted by Crippen LogP contribution is 2.32. The first-order valence-corrected chi connectivity index (χ1v) is 7.58. The van der Waals surface area contributed by atoms with Crippen molar-refractivity contribution in [1.29, 1.82) is 5.41 Å². The standard InChI is InChI=1S/C13H13ClN2O2S/c14-9-4-2-1-3-8(9)5-12(17)16-10-6-19-7-11(10)18-13(16)15/h1-4,10-11,15H,5-7H2. The monoisotopic (exact) mass is 296 g/mol. The maximum atomic E-state index is 12.4. The number of amidine groups is 1. The molecule has 3 rings (SSSR count). The number of rotatable bonds is 2. The summed E-state index contributed by atoms with van der Waals surface area (Å²) in [5, 5.41) is 8.38. The number of carbonyl (C=O) groups excluding carboxylic acids is 1. The highest BCUT2D eigenvalue weighted by atomic mass is 35.5. The van der Waals surface area contributed by atoms with Crippen LogP contribution in [0.4, 0.5) is 0 Å². The van der Waals surface area contributed by atoms with Crippen molar-refractivity contribution >= 4 is 35.3 Å². The van der Waals surface area contributed by atoms with Crippen molar-refractivity contribution in [3.8, 4) is 0 Å². The smallest absolute Gasteiger partial charge is 0.292 e. The van der Waals surface area contributed by atoms with Crippen molar-refractivity contribution in [3.63, 3.8) is 0 Å². The number of carbonyl (C=O) groups is 1. The minimum atomic E-state index is -0.117. The number of thioether (sulfide) groups is 1. The summed E-state index contributed by atoms with van der Waals surface area (Å²) in [7, 11) is 0. The first kappa shape index (κ1) is 12.8. The molecule has 6 heteroatoms. The molecule has 2 atom stereocenters. The molecule has 2 unspecified atom stereocenters. The van der Waals surface area contributed by atoms with Gasteiger partial charge < -0.3 is 4.74 Å². The predicted molar refractivity (Wildman–Crippen MR) is 75.7 cm³/mol. The molecule has 1 aromatic carbocycles. The highest BCUT2D eigenvalue weighted by molar-refractivity contribution is 7.99. The number of fused-ring (bicyclic) bond motifs is 1. The number of halogens is 1. The van der Waals surface area contributed by atoms with E-state index < -0.39 is 0 Å². The van der Waals surface area contributed by atoms with Crippen LogP contribution in [0.2, 0.25) is 5.02 Å². The summed E-state index contributed by atoms with van der Waals surface area (Å²) >= 11 is 7.82. The first-order chi connectivity index (χ1) is 9.16. The summed E-state index contributed by atoms with van der Waals surface area (Å²) in [5.41, 5.74) is 0.788. The molecule has 100 valence electrons. The lowest BCUT2D eigenvalue weighted by atomic mass is 10.1. The molecular formula is C13H13ClN2O2S. The van der Waals surface area contributed by atoms with Crippen molar-refractivity contribution in [1.82, 2.24) is 4.90 Å². The summed E-state index contributed by atoms with van der Waals surface area (Å²) in [6.45, 7) is 0. The molecule has 0 saturated carbocycles. The van der Waals surface area contributed by atoms with Gasteiger partial charge in [0.15, 0.2) is 0 Å². The molecule has 1 aromatic rings. The first-order valence-electron chi connectivity index (χ1n) is 6.05. The lowest BCUT2D eigenvalue weighted by Crippen LogP contribution is -2.42. The molecule has 0 radical (unpaired) electrons. The van der Waals surface area contributed by atoms with Crippen LogP contribution in [-0.2, 0) is 16.0 Å². The predicted octanol–water partition coefficient (Wildman–Crippen LogP) is 2.16. The Kier molecular flexibility index (Phi) is 3.41. The molecule has 2 aliphatic heterocycles. The van der Waals surface area contributed by atoms with Crippen LogP contribution in [0.1, 0.15) is 5.56 Å². The fourth-order valence-electron chi connectivity index (χ4n) is 2.42. The number of hydrogen-bond acceptors (Lipinski definition) is 4. The number of nitrogens with zero attached hydrogens (tertiary/aromatic N) is 1. The molecule has 0 bridgehead atoms. The fourth-order valence-corrected chi connectivity index (χ4v) is 3.88. The lowest BCUT2D eigenvalue weighted by molar-refractivity contribution is -0.127. The van der Waals surface area contributed by atoms with E-state index in [4.69, 9.17) is 21.7 Å². The van der Waals surface area contributed by atoms with Crippen LogP contribution >= 0.6 is 23.4 Å². The molecule has 0 aromatic heterocycles. The third kappa shape index (κ3) is 2.32. The van der Waals surface area contributed by atoms with E-state index in [1.165, 1.54) is 4.90 Å². The summed E-state index contributed by atoms with van der Waals surface area (Å²) in [5.74, 6) is 1.57. The summed E-state index contributed by atoms with van der Waals surface area (Å²) in [6.07, 6.45) is 0.187. The molecule has 4 nitrogen and oxygen atoms in total. The van der Waals surface area contributed by atoms with Gasteiger partial charge in [0.1, 0.15) is 6.10 Å². The summed E-state index contributed by atoms with van der Waals surface area (Å²) < 4.78 is 5.42. The lowest BCUT2D eigenvalue weighted by Gasteiger charge is -2.19. The SMILES string of the molecule is N=C1OC2CSCC2N1C(=O)Cc1ccccc1Cl. The normalized spacial score (nSPS) is 25.3. The van der Waals surface area contributed by atoms with Gasteiger partial charge in [0, 0.05) is 16.5 Å². The van der Waals surface area contributed by atoms with Gasteiger partial charge in [0.05, 0.1) is 12.5 Å². The molecular weight excluding hydrogens is 284 g/mol. The van der Waals surface area contributed by atoms with Crippen LogP contribution < -0.4 is 0 Å². The van der Waals surface area contributed by atoms with E-state index in [1.54, 1.807) is 17.8 Å². The zero-order valence-corrected chi connectivity index (χ0v) is 11.7.